The normalized spacial score (nSPS) is 13.0. The van der Waals surface area contributed by atoms with Crippen LogP contribution in [0.3, 0.4) is 0 Å². The smallest absolute Gasteiger partial charge is 0.0280 e. The third-order valence-corrected chi connectivity index (χ3v) is 2.54. The Bertz CT molecular complexity index is 294. The van der Waals surface area contributed by atoms with Crippen LogP contribution in [-0.4, -0.2) is 8.76 Å². The van der Waals surface area contributed by atoms with Gasteiger partial charge in [-0.1, -0.05) is 12.1 Å². The first kappa shape index (κ1) is 8.43. The summed E-state index contributed by atoms with van der Waals surface area (Å²) in [6, 6.07) is 5.24. The minimum absolute atomic E-state index is 0.394. The van der Waals surface area contributed by atoms with Gasteiger partial charge in [-0.2, -0.15) is 0 Å². The van der Waals surface area contributed by atoms with E-state index in [4.69, 9.17) is 0 Å². The Morgan fingerprint density at radius 1 is 1.36 bits per heavy atom. The fraction of sp³-hybridized carbons (Fsp3) is 0.250. The van der Waals surface area contributed by atoms with Gasteiger partial charge in [0.05, 0.1) is 0 Å². The van der Waals surface area contributed by atoms with Crippen LogP contribution < -0.4 is 0 Å². The molecule has 1 unspecified atom stereocenters. The van der Waals surface area contributed by atoms with Crippen molar-refractivity contribution < 1.29 is 8.76 Å². The first-order valence-electron chi connectivity index (χ1n) is 3.28. The summed E-state index contributed by atoms with van der Waals surface area (Å²) in [4.78, 5) is 0.394. The van der Waals surface area contributed by atoms with E-state index in [9.17, 15) is 8.76 Å². The summed E-state index contributed by atoms with van der Waals surface area (Å²) in [5, 5.41) is 0. The summed E-state index contributed by atoms with van der Waals surface area (Å²) in [5.74, 6) is 0. The van der Waals surface area contributed by atoms with E-state index in [1.807, 2.05) is 13.0 Å². The predicted octanol–water partition coefficient (Wildman–Crippen LogP) is 1.54. The maximum Gasteiger partial charge on any atom is 0.0280 e. The second-order valence-corrected chi connectivity index (χ2v) is 3.34. The quantitative estimate of drug-likeness (QED) is 0.598. The molecule has 0 fully saturated rings. The summed E-state index contributed by atoms with van der Waals surface area (Å²) in [6.07, 6.45) is 0. The average molecular weight is 169 g/mol. The highest BCUT2D eigenvalue weighted by Gasteiger charge is 1.98. The van der Waals surface area contributed by atoms with Gasteiger partial charge in [-0.05, 0) is 42.1 Å². The highest BCUT2D eigenvalue weighted by Crippen LogP contribution is 2.14. The Balaban J connectivity index is 3.27. The SMILES string of the molecule is Cc1cccc(S(=O)[O-])c1C. The molecule has 0 aliphatic heterocycles. The molecule has 0 spiro atoms. The Kier molecular flexibility index (Phi) is 2.42. The summed E-state index contributed by atoms with van der Waals surface area (Å²) in [6.45, 7) is 3.70. The molecule has 60 valence electrons. The Hall–Kier alpha value is -0.670. The van der Waals surface area contributed by atoms with E-state index in [0.717, 1.165) is 11.1 Å². The van der Waals surface area contributed by atoms with E-state index in [1.165, 1.54) is 0 Å². The van der Waals surface area contributed by atoms with E-state index in [0.29, 0.717) is 4.90 Å². The molecule has 0 saturated carbocycles. The van der Waals surface area contributed by atoms with Crippen molar-refractivity contribution in [3.63, 3.8) is 0 Å². The summed E-state index contributed by atoms with van der Waals surface area (Å²) < 4.78 is 21.1. The minimum Gasteiger partial charge on any atom is -0.768 e. The number of hydrogen-bond donors (Lipinski definition) is 0. The summed E-state index contributed by atoms with van der Waals surface area (Å²) in [5.41, 5.74) is 1.84. The second kappa shape index (κ2) is 3.15. The van der Waals surface area contributed by atoms with Crippen molar-refractivity contribution in [3.05, 3.63) is 29.3 Å². The Morgan fingerprint density at radius 2 is 2.00 bits per heavy atom. The zero-order valence-corrected chi connectivity index (χ0v) is 7.27. The molecule has 0 saturated heterocycles. The summed E-state index contributed by atoms with van der Waals surface area (Å²) >= 11 is -2.10. The van der Waals surface area contributed by atoms with Crippen LogP contribution in [0.15, 0.2) is 23.1 Å². The highest BCUT2D eigenvalue weighted by atomic mass is 32.2. The highest BCUT2D eigenvalue weighted by molar-refractivity contribution is 7.79. The molecular formula is C8H9O2S-. The lowest BCUT2D eigenvalue weighted by Gasteiger charge is -2.09. The van der Waals surface area contributed by atoms with Gasteiger partial charge in [-0.25, -0.2) is 0 Å². The lowest BCUT2D eigenvalue weighted by atomic mass is 10.1. The van der Waals surface area contributed by atoms with Gasteiger partial charge in [-0.3, -0.25) is 4.21 Å². The van der Waals surface area contributed by atoms with Gasteiger partial charge in [0.25, 0.3) is 0 Å². The standard InChI is InChI=1S/C8H10O2S/c1-6-4-3-5-8(7(6)2)11(9)10/h3-5H,1-2H3,(H,9,10)/p-1. The van der Waals surface area contributed by atoms with Gasteiger partial charge in [0, 0.05) is 4.90 Å². The minimum atomic E-state index is -2.10. The fourth-order valence-electron chi connectivity index (χ4n) is 0.905. The first-order valence-corrected chi connectivity index (χ1v) is 4.36. The van der Waals surface area contributed by atoms with Gasteiger partial charge >= 0.3 is 0 Å². The molecule has 0 aliphatic rings. The summed E-state index contributed by atoms with van der Waals surface area (Å²) in [7, 11) is 0. The van der Waals surface area contributed by atoms with Crippen LogP contribution in [0.5, 0.6) is 0 Å². The van der Waals surface area contributed by atoms with Crippen LogP contribution >= 0.6 is 0 Å². The van der Waals surface area contributed by atoms with Crippen molar-refractivity contribution in [1.82, 2.24) is 0 Å². The third-order valence-electron chi connectivity index (χ3n) is 1.73. The lowest BCUT2D eigenvalue weighted by molar-refractivity contribution is 0.536. The number of benzene rings is 1. The third kappa shape index (κ3) is 1.67. The van der Waals surface area contributed by atoms with E-state index >= 15 is 0 Å². The number of aryl methyl sites for hydroxylation is 1. The topological polar surface area (TPSA) is 40.1 Å². The zero-order valence-electron chi connectivity index (χ0n) is 6.46. The molecule has 1 aromatic carbocycles. The molecule has 0 aromatic heterocycles. The molecule has 0 radical (unpaired) electrons. The zero-order chi connectivity index (χ0) is 8.43. The van der Waals surface area contributed by atoms with Crippen molar-refractivity contribution in [2.75, 3.05) is 0 Å². The van der Waals surface area contributed by atoms with Crippen LogP contribution in [0, 0.1) is 13.8 Å². The van der Waals surface area contributed by atoms with Crippen LogP contribution in [0.4, 0.5) is 0 Å². The monoisotopic (exact) mass is 169 g/mol. The van der Waals surface area contributed by atoms with Crippen LogP contribution in [-0.2, 0) is 11.1 Å². The molecule has 1 atom stereocenters. The molecule has 0 heterocycles. The molecule has 0 N–H and O–H groups in total. The van der Waals surface area contributed by atoms with Gasteiger partial charge in [-0.15, -0.1) is 0 Å². The average Bonchev–Trinajstić information content (AvgIpc) is 1.94. The van der Waals surface area contributed by atoms with Gasteiger partial charge in [0.1, 0.15) is 0 Å². The molecular weight excluding hydrogens is 160 g/mol. The van der Waals surface area contributed by atoms with E-state index < -0.39 is 11.1 Å². The van der Waals surface area contributed by atoms with Crippen LogP contribution in [0.2, 0.25) is 0 Å². The van der Waals surface area contributed by atoms with E-state index in [-0.39, 0.29) is 0 Å². The maximum atomic E-state index is 10.6. The van der Waals surface area contributed by atoms with Crippen molar-refractivity contribution in [1.29, 1.82) is 0 Å². The molecule has 0 aliphatic carbocycles. The van der Waals surface area contributed by atoms with Crippen molar-refractivity contribution in [2.24, 2.45) is 0 Å². The maximum absolute atomic E-state index is 10.6. The van der Waals surface area contributed by atoms with Gasteiger partial charge < -0.3 is 4.55 Å². The Labute approximate surface area is 68.5 Å². The molecule has 1 rings (SSSR count). The number of rotatable bonds is 1. The van der Waals surface area contributed by atoms with Gasteiger partial charge in [0.15, 0.2) is 0 Å². The predicted molar refractivity (Wildman–Crippen MR) is 43.1 cm³/mol. The molecule has 11 heavy (non-hydrogen) atoms. The molecule has 1 aromatic rings. The first-order chi connectivity index (χ1) is 5.13. The van der Waals surface area contributed by atoms with E-state index in [2.05, 4.69) is 0 Å². The molecule has 2 nitrogen and oxygen atoms in total. The second-order valence-electron chi connectivity index (χ2n) is 2.43. The van der Waals surface area contributed by atoms with Crippen LogP contribution in [0.25, 0.3) is 0 Å². The van der Waals surface area contributed by atoms with E-state index in [1.54, 1.807) is 19.1 Å². The molecule has 0 bridgehead atoms. The largest absolute Gasteiger partial charge is 0.768 e. The Morgan fingerprint density at radius 3 is 2.45 bits per heavy atom. The number of hydrogen-bond acceptors (Lipinski definition) is 2. The van der Waals surface area contributed by atoms with Gasteiger partial charge in [0.2, 0.25) is 0 Å². The fourth-order valence-corrected chi connectivity index (χ4v) is 1.51. The van der Waals surface area contributed by atoms with Crippen molar-refractivity contribution in [3.8, 4) is 0 Å². The van der Waals surface area contributed by atoms with Crippen molar-refractivity contribution in [2.45, 2.75) is 18.7 Å². The molecule has 3 heteroatoms. The van der Waals surface area contributed by atoms with Crippen molar-refractivity contribution >= 4 is 11.1 Å². The van der Waals surface area contributed by atoms with Crippen LogP contribution in [0.1, 0.15) is 11.1 Å². The lowest BCUT2D eigenvalue weighted by Crippen LogP contribution is -1.94. The molecule has 0 amide bonds.